The number of carbonyl (C=O) groups excluding carboxylic acids is 1. The van der Waals surface area contributed by atoms with Crippen LogP contribution in [0.25, 0.3) is 0 Å². The van der Waals surface area contributed by atoms with Crippen LogP contribution in [0.3, 0.4) is 0 Å². The number of hydrogen-bond donors (Lipinski definition) is 2. The van der Waals surface area contributed by atoms with Crippen LogP contribution < -0.4 is 11.1 Å². The van der Waals surface area contributed by atoms with Gasteiger partial charge in [0.2, 0.25) is 11.9 Å². The summed E-state index contributed by atoms with van der Waals surface area (Å²) in [7, 11) is 0. The fraction of sp³-hybridized carbons (Fsp3) is 0.588. The molecule has 6 heteroatoms. The molecule has 1 aliphatic heterocycles. The highest BCUT2D eigenvalue weighted by molar-refractivity contribution is 5.87. The highest BCUT2D eigenvalue weighted by atomic mass is 16.1. The van der Waals surface area contributed by atoms with Crippen LogP contribution in [0.1, 0.15) is 38.7 Å². The second-order valence-corrected chi connectivity index (χ2v) is 6.49. The Kier molecular flexibility index (Phi) is 6.52. The van der Waals surface area contributed by atoms with Gasteiger partial charge >= 0.3 is 0 Å². The van der Waals surface area contributed by atoms with Crippen molar-refractivity contribution in [3.63, 3.8) is 0 Å². The molecule has 0 radical (unpaired) electrons. The van der Waals surface area contributed by atoms with Gasteiger partial charge in [-0.25, -0.2) is 9.97 Å². The number of allylic oxidation sites excluding steroid dienone is 1. The van der Waals surface area contributed by atoms with E-state index in [4.69, 9.17) is 5.73 Å². The number of piperidine rings is 1. The monoisotopic (exact) mass is 317 g/mol. The molecule has 1 aromatic rings. The Morgan fingerprint density at radius 2 is 2.17 bits per heavy atom. The van der Waals surface area contributed by atoms with E-state index in [1.54, 1.807) is 18.5 Å². The van der Waals surface area contributed by atoms with Gasteiger partial charge in [-0.15, -0.1) is 0 Å². The van der Waals surface area contributed by atoms with Gasteiger partial charge in [0.25, 0.3) is 0 Å². The van der Waals surface area contributed by atoms with Crippen LogP contribution in [0.4, 0.5) is 5.95 Å². The van der Waals surface area contributed by atoms with Gasteiger partial charge in [0.05, 0.1) is 0 Å². The zero-order chi connectivity index (χ0) is 16.7. The minimum atomic E-state index is 0.0108. The smallest absolute Gasteiger partial charge is 0.243 e. The highest BCUT2D eigenvalue weighted by Crippen LogP contribution is 2.20. The van der Waals surface area contributed by atoms with Gasteiger partial charge in [-0.3, -0.25) is 9.69 Å². The van der Waals surface area contributed by atoms with Crippen LogP contribution in [-0.4, -0.2) is 40.4 Å². The number of anilines is 1. The largest absolute Gasteiger partial charge is 0.368 e. The molecule has 1 atom stereocenters. The molecule has 1 amide bonds. The number of carbonyl (C=O) groups is 1. The number of rotatable bonds is 6. The van der Waals surface area contributed by atoms with Crippen molar-refractivity contribution in [1.29, 1.82) is 0 Å². The molecule has 126 valence electrons. The molecular formula is C17H27N5O. The van der Waals surface area contributed by atoms with Crippen LogP contribution >= 0.6 is 0 Å². The number of amides is 1. The predicted molar refractivity (Wildman–Crippen MR) is 91.5 cm³/mol. The summed E-state index contributed by atoms with van der Waals surface area (Å²) in [4.78, 5) is 22.1. The van der Waals surface area contributed by atoms with Crippen molar-refractivity contribution < 1.29 is 4.79 Å². The molecule has 2 heterocycles. The number of hydrogen-bond acceptors (Lipinski definition) is 5. The Bertz CT molecular complexity index is 536. The summed E-state index contributed by atoms with van der Waals surface area (Å²) in [5.41, 5.74) is 7.64. The Labute approximate surface area is 138 Å². The molecule has 2 rings (SSSR count). The normalized spacial score (nSPS) is 18.4. The topological polar surface area (TPSA) is 84.1 Å². The summed E-state index contributed by atoms with van der Waals surface area (Å²) in [6.45, 7) is 7.62. The van der Waals surface area contributed by atoms with Crippen molar-refractivity contribution in [2.75, 3.05) is 25.4 Å². The molecular weight excluding hydrogens is 290 g/mol. The molecule has 0 spiro atoms. The third kappa shape index (κ3) is 6.36. The quantitative estimate of drug-likeness (QED) is 0.781. The van der Waals surface area contributed by atoms with Crippen LogP contribution in [-0.2, 0) is 11.3 Å². The van der Waals surface area contributed by atoms with E-state index in [0.717, 1.165) is 43.7 Å². The fourth-order valence-electron chi connectivity index (χ4n) is 2.95. The zero-order valence-corrected chi connectivity index (χ0v) is 14.1. The summed E-state index contributed by atoms with van der Waals surface area (Å²) in [5, 5.41) is 2.96. The Hall–Kier alpha value is -1.95. The molecule has 3 N–H and O–H groups in total. The maximum atomic E-state index is 11.6. The molecule has 1 saturated heterocycles. The number of nitrogens with two attached hydrogens (primary N) is 1. The second-order valence-electron chi connectivity index (χ2n) is 6.49. The number of nitrogens with one attached hydrogen (secondary N) is 1. The maximum Gasteiger partial charge on any atom is 0.243 e. The first-order valence-corrected chi connectivity index (χ1v) is 8.24. The lowest BCUT2D eigenvalue weighted by Crippen LogP contribution is -2.36. The molecule has 0 aromatic carbocycles. The average molecular weight is 317 g/mol. The van der Waals surface area contributed by atoms with E-state index in [1.807, 2.05) is 13.8 Å². The van der Waals surface area contributed by atoms with Gasteiger partial charge in [-0.05, 0) is 45.6 Å². The molecule has 1 fully saturated rings. The van der Waals surface area contributed by atoms with E-state index < -0.39 is 0 Å². The first-order valence-electron chi connectivity index (χ1n) is 8.24. The maximum absolute atomic E-state index is 11.6. The SMILES string of the molecule is CC(C)=CC(=O)NCC[C@@H]1CCCN(Cc2cnc(N)nc2)C1. The third-order valence-corrected chi connectivity index (χ3v) is 4.01. The molecule has 1 aliphatic rings. The van der Waals surface area contributed by atoms with Gasteiger partial charge < -0.3 is 11.1 Å². The molecule has 0 saturated carbocycles. The van der Waals surface area contributed by atoms with E-state index in [1.165, 1.54) is 12.8 Å². The molecule has 1 aromatic heterocycles. The van der Waals surface area contributed by atoms with E-state index in [2.05, 4.69) is 20.2 Å². The lowest BCUT2D eigenvalue weighted by molar-refractivity contribution is -0.116. The summed E-state index contributed by atoms with van der Waals surface area (Å²) in [6.07, 6.45) is 8.69. The summed E-state index contributed by atoms with van der Waals surface area (Å²) in [5.74, 6) is 0.958. The van der Waals surface area contributed by atoms with Crippen molar-refractivity contribution in [2.45, 2.75) is 39.7 Å². The average Bonchev–Trinajstić information content (AvgIpc) is 2.49. The first kappa shape index (κ1) is 17.4. The van der Waals surface area contributed by atoms with Crippen molar-refractivity contribution in [3.8, 4) is 0 Å². The number of nitrogens with zero attached hydrogens (tertiary/aromatic N) is 3. The van der Waals surface area contributed by atoms with E-state index in [0.29, 0.717) is 11.9 Å². The minimum absolute atomic E-state index is 0.0108. The van der Waals surface area contributed by atoms with Gasteiger partial charge in [0.15, 0.2) is 0 Å². The number of aromatic nitrogens is 2. The molecule has 0 bridgehead atoms. The van der Waals surface area contributed by atoms with Crippen LogP contribution in [0.15, 0.2) is 24.0 Å². The van der Waals surface area contributed by atoms with Crippen molar-refractivity contribution in [1.82, 2.24) is 20.2 Å². The lowest BCUT2D eigenvalue weighted by atomic mass is 9.94. The van der Waals surface area contributed by atoms with Crippen LogP contribution in [0, 0.1) is 5.92 Å². The Balaban J connectivity index is 1.74. The number of nitrogen functional groups attached to an aromatic ring is 1. The molecule has 6 nitrogen and oxygen atoms in total. The molecule has 0 aliphatic carbocycles. The summed E-state index contributed by atoms with van der Waals surface area (Å²) >= 11 is 0. The van der Waals surface area contributed by atoms with Crippen LogP contribution in [0.5, 0.6) is 0 Å². The molecule has 23 heavy (non-hydrogen) atoms. The molecule has 0 unspecified atom stereocenters. The zero-order valence-electron chi connectivity index (χ0n) is 14.1. The van der Waals surface area contributed by atoms with E-state index >= 15 is 0 Å². The lowest BCUT2D eigenvalue weighted by Gasteiger charge is -2.32. The first-order chi connectivity index (χ1) is 11.0. The van der Waals surface area contributed by atoms with Crippen molar-refractivity contribution in [3.05, 3.63) is 29.6 Å². The minimum Gasteiger partial charge on any atom is -0.368 e. The second kappa shape index (κ2) is 8.62. The van der Waals surface area contributed by atoms with Gasteiger partial charge in [-0.1, -0.05) is 5.57 Å². The third-order valence-electron chi connectivity index (χ3n) is 4.01. The number of likely N-dealkylation sites (tertiary alicyclic amines) is 1. The Morgan fingerprint density at radius 1 is 1.43 bits per heavy atom. The van der Waals surface area contributed by atoms with Crippen molar-refractivity contribution >= 4 is 11.9 Å². The van der Waals surface area contributed by atoms with E-state index in [9.17, 15) is 4.79 Å². The Morgan fingerprint density at radius 3 is 2.87 bits per heavy atom. The van der Waals surface area contributed by atoms with Gasteiger partial charge in [0, 0.05) is 43.7 Å². The predicted octanol–water partition coefficient (Wildman–Crippen LogP) is 1.74. The highest BCUT2D eigenvalue weighted by Gasteiger charge is 2.20. The standard InChI is InChI=1S/C17H27N5O/c1-13(2)8-16(23)19-6-5-14-4-3-7-22(11-14)12-15-9-20-17(18)21-10-15/h8-10,14H,3-7,11-12H2,1-2H3,(H,19,23)(H2,18,20,21)/t14-/m0/s1. The van der Waals surface area contributed by atoms with Crippen molar-refractivity contribution in [2.24, 2.45) is 5.92 Å². The van der Waals surface area contributed by atoms with Crippen LogP contribution in [0.2, 0.25) is 0 Å². The summed E-state index contributed by atoms with van der Waals surface area (Å²) < 4.78 is 0. The fourth-order valence-corrected chi connectivity index (χ4v) is 2.95. The van der Waals surface area contributed by atoms with E-state index in [-0.39, 0.29) is 5.91 Å². The van der Waals surface area contributed by atoms with Gasteiger partial charge in [0.1, 0.15) is 0 Å². The van der Waals surface area contributed by atoms with Gasteiger partial charge in [-0.2, -0.15) is 0 Å². The summed E-state index contributed by atoms with van der Waals surface area (Å²) in [6, 6.07) is 0.